The molecule has 0 amide bonds. The van der Waals surface area contributed by atoms with E-state index in [0.29, 0.717) is 6.04 Å². The average molecular weight is 300 g/mol. The van der Waals surface area contributed by atoms with Gasteiger partial charge in [-0.15, -0.1) is 0 Å². The molecule has 0 radical (unpaired) electrons. The van der Waals surface area contributed by atoms with Crippen LogP contribution >= 0.6 is 0 Å². The van der Waals surface area contributed by atoms with E-state index in [4.69, 9.17) is 4.74 Å². The van der Waals surface area contributed by atoms with E-state index < -0.39 is 0 Å². The maximum Gasteiger partial charge on any atom is 0.126 e. The summed E-state index contributed by atoms with van der Waals surface area (Å²) in [7, 11) is 1.73. The molecule has 22 heavy (non-hydrogen) atoms. The number of hydrogen-bond donors (Lipinski definition) is 1. The van der Waals surface area contributed by atoms with Gasteiger partial charge in [-0.1, -0.05) is 37.3 Å². The third-order valence-electron chi connectivity index (χ3n) is 4.22. The molecule has 0 atom stereocenters. The molecule has 0 unspecified atom stereocenters. The van der Waals surface area contributed by atoms with E-state index in [1.54, 1.807) is 7.11 Å². The van der Waals surface area contributed by atoms with Crippen LogP contribution in [0, 0.1) is 0 Å². The van der Waals surface area contributed by atoms with E-state index in [-0.39, 0.29) is 0 Å². The molecule has 0 aromatic heterocycles. The van der Waals surface area contributed by atoms with Crippen molar-refractivity contribution >= 4 is 10.8 Å². The molecule has 0 spiro atoms. The van der Waals surface area contributed by atoms with Crippen LogP contribution in [0.5, 0.6) is 5.75 Å². The summed E-state index contributed by atoms with van der Waals surface area (Å²) < 4.78 is 5.45. The van der Waals surface area contributed by atoms with Gasteiger partial charge < -0.3 is 10.1 Å². The molecule has 0 aliphatic rings. The van der Waals surface area contributed by atoms with Gasteiger partial charge in [-0.05, 0) is 37.4 Å². The molecule has 120 valence electrons. The predicted molar refractivity (Wildman–Crippen MR) is 94.6 cm³/mol. The Kier molecular flexibility index (Phi) is 6.22. The number of nitrogens with zero attached hydrogens (tertiary/aromatic N) is 1. The lowest BCUT2D eigenvalue weighted by Crippen LogP contribution is -2.36. The monoisotopic (exact) mass is 300 g/mol. The number of hydrogen-bond acceptors (Lipinski definition) is 3. The third kappa shape index (κ3) is 3.99. The van der Waals surface area contributed by atoms with Crippen LogP contribution < -0.4 is 10.1 Å². The first-order chi connectivity index (χ1) is 10.7. The molecule has 2 rings (SSSR count). The van der Waals surface area contributed by atoms with Crippen LogP contribution in [0.1, 0.15) is 26.3 Å². The molecular formula is C19H28N2O. The highest BCUT2D eigenvalue weighted by Crippen LogP contribution is 2.28. The number of benzene rings is 2. The van der Waals surface area contributed by atoms with E-state index in [1.807, 2.05) is 0 Å². The lowest BCUT2D eigenvalue weighted by molar-refractivity contribution is 0.234. The molecule has 2 aromatic carbocycles. The average Bonchev–Trinajstić information content (AvgIpc) is 2.54. The second-order valence-electron chi connectivity index (χ2n) is 5.87. The Morgan fingerprint density at radius 2 is 1.82 bits per heavy atom. The zero-order valence-electron chi connectivity index (χ0n) is 14.2. The molecule has 2 aromatic rings. The molecule has 0 bridgehead atoms. The van der Waals surface area contributed by atoms with Crippen molar-refractivity contribution in [3.8, 4) is 5.75 Å². The van der Waals surface area contributed by atoms with Crippen molar-refractivity contribution in [2.75, 3.05) is 26.7 Å². The first kappa shape index (κ1) is 16.8. The Balaban J connectivity index is 2.01. The summed E-state index contributed by atoms with van der Waals surface area (Å²) in [5.74, 6) is 0.941. The number of methoxy groups -OCH3 is 1. The van der Waals surface area contributed by atoms with E-state index in [9.17, 15) is 0 Å². The molecule has 3 heteroatoms. The smallest absolute Gasteiger partial charge is 0.126 e. The Hall–Kier alpha value is -1.58. The summed E-state index contributed by atoms with van der Waals surface area (Å²) in [5, 5.41) is 6.02. The van der Waals surface area contributed by atoms with E-state index in [2.05, 4.69) is 67.4 Å². The van der Waals surface area contributed by atoms with Gasteiger partial charge >= 0.3 is 0 Å². The van der Waals surface area contributed by atoms with Crippen LogP contribution in [0.2, 0.25) is 0 Å². The Labute approximate surface area is 134 Å². The van der Waals surface area contributed by atoms with Gasteiger partial charge in [0.05, 0.1) is 7.11 Å². The van der Waals surface area contributed by atoms with Gasteiger partial charge in [-0.2, -0.15) is 0 Å². The zero-order chi connectivity index (χ0) is 15.9. The van der Waals surface area contributed by atoms with Crippen molar-refractivity contribution in [3.05, 3.63) is 42.0 Å². The largest absolute Gasteiger partial charge is 0.496 e. The number of likely N-dealkylation sites (N-methyl/N-ethyl adjacent to an activating group) is 1. The summed E-state index contributed by atoms with van der Waals surface area (Å²) in [4.78, 5) is 2.47. The van der Waals surface area contributed by atoms with Gasteiger partial charge in [0.15, 0.2) is 0 Å². The van der Waals surface area contributed by atoms with Crippen molar-refractivity contribution in [2.24, 2.45) is 0 Å². The maximum absolute atomic E-state index is 5.45. The minimum absolute atomic E-state index is 0.605. The van der Waals surface area contributed by atoms with Gasteiger partial charge in [0.2, 0.25) is 0 Å². The van der Waals surface area contributed by atoms with Crippen LogP contribution in [0.15, 0.2) is 36.4 Å². The van der Waals surface area contributed by atoms with E-state index in [1.165, 1.54) is 16.3 Å². The van der Waals surface area contributed by atoms with E-state index in [0.717, 1.165) is 31.9 Å². The lowest BCUT2D eigenvalue weighted by Gasteiger charge is -2.24. The third-order valence-corrected chi connectivity index (χ3v) is 4.22. The van der Waals surface area contributed by atoms with Crippen LogP contribution in [0.3, 0.4) is 0 Å². The first-order valence-corrected chi connectivity index (χ1v) is 8.16. The predicted octanol–water partition coefficient (Wildman–Crippen LogP) is 3.67. The maximum atomic E-state index is 5.45. The summed E-state index contributed by atoms with van der Waals surface area (Å²) in [6, 6.07) is 13.3. The standard InChI is InChI=1S/C19H28N2O/c1-5-21(15(2)3)13-12-20-14-16-10-11-19(22-4)18-9-7-6-8-17(16)18/h6-11,15,20H,5,12-14H2,1-4H3. The van der Waals surface area contributed by atoms with Gasteiger partial charge in [0.25, 0.3) is 0 Å². The van der Waals surface area contributed by atoms with E-state index >= 15 is 0 Å². The van der Waals surface area contributed by atoms with Crippen LogP contribution in [-0.2, 0) is 6.54 Å². The summed E-state index contributed by atoms with van der Waals surface area (Å²) in [5.41, 5.74) is 1.32. The van der Waals surface area contributed by atoms with Crippen molar-refractivity contribution < 1.29 is 4.74 Å². The Morgan fingerprint density at radius 3 is 2.45 bits per heavy atom. The van der Waals surface area contributed by atoms with Crippen LogP contribution in [-0.4, -0.2) is 37.7 Å². The van der Waals surface area contributed by atoms with Crippen LogP contribution in [0.4, 0.5) is 0 Å². The lowest BCUT2D eigenvalue weighted by atomic mass is 10.0. The summed E-state index contributed by atoms with van der Waals surface area (Å²) >= 11 is 0. The molecule has 3 nitrogen and oxygen atoms in total. The Morgan fingerprint density at radius 1 is 1.09 bits per heavy atom. The zero-order valence-corrected chi connectivity index (χ0v) is 14.2. The van der Waals surface area contributed by atoms with Crippen molar-refractivity contribution in [1.82, 2.24) is 10.2 Å². The fourth-order valence-corrected chi connectivity index (χ4v) is 2.89. The number of nitrogens with one attached hydrogen (secondary N) is 1. The second kappa shape index (κ2) is 8.16. The molecule has 0 saturated heterocycles. The summed E-state index contributed by atoms with van der Waals surface area (Å²) in [6.45, 7) is 10.8. The fraction of sp³-hybridized carbons (Fsp3) is 0.474. The molecule has 1 N–H and O–H groups in total. The van der Waals surface area contributed by atoms with Gasteiger partial charge in [0.1, 0.15) is 5.75 Å². The SMILES string of the molecule is CCN(CCNCc1ccc(OC)c2ccccc12)C(C)C. The molecule has 0 aliphatic heterocycles. The molecular weight excluding hydrogens is 272 g/mol. The van der Waals surface area contributed by atoms with Crippen LogP contribution in [0.25, 0.3) is 10.8 Å². The van der Waals surface area contributed by atoms with Gasteiger partial charge in [-0.3, -0.25) is 4.90 Å². The first-order valence-electron chi connectivity index (χ1n) is 8.16. The van der Waals surface area contributed by atoms with Crippen molar-refractivity contribution in [2.45, 2.75) is 33.4 Å². The number of rotatable bonds is 8. The Bertz CT molecular complexity index is 595. The number of fused-ring (bicyclic) bond motifs is 1. The van der Waals surface area contributed by atoms with Crippen molar-refractivity contribution in [3.63, 3.8) is 0 Å². The highest BCUT2D eigenvalue weighted by Gasteiger charge is 2.07. The van der Waals surface area contributed by atoms with Gasteiger partial charge in [0, 0.05) is 31.1 Å². The minimum Gasteiger partial charge on any atom is -0.496 e. The quantitative estimate of drug-likeness (QED) is 0.753. The van der Waals surface area contributed by atoms with Gasteiger partial charge in [-0.25, -0.2) is 0 Å². The molecule has 0 heterocycles. The normalized spacial score (nSPS) is 11.5. The topological polar surface area (TPSA) is 24.5 Å². The molecule has 0 fully saturated rings. The number of ether oxygens (including phenoxy) is 1. The fourth-order valence-electron chi connectivity index (χ4n) is 2.89. The molecule has 0 aliphatic carbocycles. The highest BCUT2D eigenvalue weighted by molar-refractivity contribution is 5.91. The second-order valence-corrected chi connectivity index (χ2v) is 5.87. The minimum atomic E-state index is 0.605. The van der Waals surface area contributed by atoms with Crippen molar-refractivity contribution in [1.29, 1.82) is 0 Å². The molecule has 0 saturated carbocycles. The summed E-state index contributed by atoms with van der Waals surface area (Å²) in [6.07, 6.45) is 0. The highest BCUT2D eigenvalue weighted by atomic mass is 16.5.